The van der Waals surface area contributed by atoms with E-state index in [-0.39, 0.29) is 0 Å². The first kappa shape index (κ1) is 11.4. The number of nitriles is 1. The molecular weight excluding hydrogens is 217 g/mol. The number of rotatable bonds is 2. The first-order valence-corrected chi connectivity index (χ1v) is 5.05. The second kappa shape index (κ2) is 4.21. The third-order valence-electron chi connectivity index (χ3n) is 2.16. The molecule has 1 rings (SSSR count). The molecule has 1 aromatic carbocycles. The summed E-state index contributed by atoms with van der Waals surface area (Å²) < 4.78 is -1.32. The lowest BCUT2D eigenvalue weighted by atomic mass is 10.0. The average molecular weight is 228 g/mol. The number of hydrogen-bond acceptors (Lipinski definition) is 1. The van der Waals surface area contributed by atoms with Gasteiger partial charge in [-0.05, 0) is 30.5 Å². The molecule has 0 aromatic heterocycles. The van der Waals surface area contributed by atoms with Crippen molar-refractivity contribution in [3.63, 3.8) is 0 Å². The van der Waals surface area contributed by atoms with Crippen molar-refractivity contribution in [2.45, 2.75) is 24.6 Å². The van der Waals surface area contributed by atoms with Crippen LogP contribution >= 0.6 is 23.2 Å². The van der Waals surface area contributed by atoms with E-state index in [0.717, 1.165) is 5.56 Å². The number of hydrogen-bond donors (Lipinski definition) is 0. The van der Waals surface area contributed by atoms with Gasteiger partial charge in [0, 0.05) is 6.42 Å². The lowest BCUT2D eigenvalue weighted by molar-refractivity contribution is 0.943. The van der Waals surface area contributed by atoms with Gasteiger partial charge < -0.3 is 0 Å². The molecule has 0 atom stereocenters. The van der Waals surface area contributed by atoms with Crippen molar-refractivity contribution >= 4 is 23.2 Å². The van der Waals surface area contributed by atoms with Crippen LogP contribution in [0.5, 0.6) is 0 Å². The Bertz CT molecular complexity index is 377. The minimum absolute atomic E-state index is 0.355. The zero-order valence-corrected chi connectivity index (χ0v) is 9.65. The Morgan fingerprint density at radius 3 is 2.43 bits per heavy atom. The molecule has 0 fully saturated rings. The van der Waals surface area contributed by atoms with Crippen LogP contribution < -0.4 is 0 Å². The van der Waals surface area contributed by atoms with E-state index in [1.54, 1.807) is 0 Å². The maximum Gasteiger partial charge on any atom is 0.207 e. The highest BCUT2D eigenvalue weighted by molar-refractivity contribution is 6.50. The Balaban J connectivity index is 2.90. The maximum absolute atomic E-state index is 8.67. The van der Waals surface area contributed by atoms with Crippen molar-refractivity contribution in [3.8, 4) is 6.07 Å². The smallest absolute Gasteiger partial charge is 0.195 e. The largest absolute Gasteiger partial charge is 0.207 e. The molecule has 14 heavy (non-hydrogen) atoms. The molecule has 0 saturated heterocycles. The summed E-state index contributed by atoms with van der Waals surface area (Å²) in [4.78, 5) is 0. The molecule has 0 heterocycles. The molecule has 0 aliphatic heterocycles. The zero-order chi connectivity index (χ0) is 10.8. The van der Waals surface area contributed by atoms with Gasteiger partial charge >= 0.3 is 0 Å². The molecule has 0 bridgehead atoms. The summed E-state index contributed by atoms with van der Waals surface area (Å²) in [6, 6.07) is 7.81. The van der Waals surface area contributed by atoms with E-state index in [2.05, 4.69) is 0 Å². The van der Waals surface area contributed by atoms with Gasteiger partial charge in [-0.1, -0.05) is 41.4 Å². The van der Waals surface area contributed by atoms with Crippen LogP contribution in [0, 0.1) is 25.2 Å². The zero-order valence-electron chi connectivity index (χ0n) is 8.14. The summed E-state index contributed by atoms with van der Waals surface area (Å²) in [7, 11) is 0. The summed E-state index contributed by atoms with van der Waals surface area (Å²) in [5.41, 5.74) is 3.39. The lowest BCUT2D eigenvalue weighted by Gasteiger charge is -2.11. The van der Waals surface area contributed by atoms with Crippen LogP contribution in [0.3, 0.4) is 0 Å². The van der Waals surface area contributed by atoms with Crippen LogP contribution in [0.1, 0.15) is 16.7 Å². The number of aryl methyl sites for hydroxylation is 2. The first-order chi connectivity index (χ1) is 6.44. The molecule has 0 radical (unpaired) electrons. The number of alkyl halides is 2. The Hall–Kier alpha value is -0.710. The molecule has 74 valence electrons. The van der Waals surface area contributed by atoms with Crippen LogP contribution in [0.2, 0.25) is 0 Å². The van der Waals surface area contributed by atoms with E-state index in [1.807, 2.05) is 38.1 Å². The highest BCUT2D eigenvalue weighted by atomic mass is 35.5. The van der Waals surface area contributed by atoms with Crippen molar-refractivity contribution in [2.75, 3.05) is 0 Å². The van der Waals surface area contributed by atoms with Gasteiger partial charge in [0.05, 0.1) is 0 Å². The van der Waals surface area contributed by atoms with E-state index >= 15 is 0 Å². The molecule has 0 unspecified atom stereocenters. The molecule has 0 amide bonds. The average Bonchev–Trinajstić information content (AvgIpc) is 2.11. The molecular formula is C11H11Cl2N. The molecule has 0 saturated carbocycles. The highest BCUT2D eigenvalue weighted by Crippen LogP contribution is 2.25. The quantitative estimate of drug-likeness (QED) is 0.710. The van der Waals surface area contributed by atoms with Gasteiger partial charge in [0.25, 0.3) is 0 Å². The van der Waals surface area contributed by atoms with E-state index in [9.17, 15) is 0 Å². The van der Waals surface area contributed by atoms with Gasteiger partial charge in [-0.2, -0.15) is 5.26 Å². The first-order valence-electron chi connectivity index (χ1n) is 4.30. The van der Waals surface area contributed by atoms with E-state index < -0.39 is 4.33 Å². The normalized spacial score (nSPS) is 11.1. The second-order valence-corrected chi connectivity index (χ2v) is 4.90. The molecule has 3 heteroatoms. The van der Waals surface area contributed by atoms with Crippen LogP contribution in [0.4, 0.5) is 0 Å². The summed E-state index contributed by atoms with van der Waals surface area (Å²) in [5.74, 6) is 0. The second-order valence-electron chi connectivity index (χ2n) is 3.41. The minimum Gasteiger partial charge on any atom is -0.195 e. The SMILES string of the molecule is Cc1ccc(CC(Cl)(Cl)C#N)cc1C. The van der Waals surface area contributed by atoms with Gasteiger partial charge in [-0.25, -0.2) is 0 Å². The van der Waals surface area contributed by atoms with E-state index in [1.165, 1.54) is 11.1 Å². The van der Waals surface area contributed by atoms with Crippen molar-refractivity contribution in [3.05, 3.63) is 34.9 Å². The van der Waals surface area contributed by atoms with Crippen LogP contribution in [-0.4, -0.2) is 4.33 Å². The summed E-state index contributed by atoms with van der Waals surface area (Å²) >= 11 is 11.5. The maximum atomic E-state index is 8.67. The monoisotopic (exact) mass is 227 g/mol. The third-order valence-corrected chi connectivity index (χ3v) is 2.60. The molecule has 0 aliphatic carbocycles. The predicted molar refractivity (Wildman–Crippen MR) is 59.7 cm³/mol. The molecule has 1 aromatic rings. The van der Waals surface area contributed by atoms with Gasteiger partial charge in [-0.15, -0.1) is 0 Å². The van der Waals surface area contributed by atoms with Crippen molar-refractivity contribution in [1.82, 2.24) is 0 Å². The Kier molecular flexibility index (Phi) is 3.42. The van der Waals surface area contributed by atoms with Crippen molar-refractivity contribution in [1.29, 1.82) is 5.26 Å². The van der Waals surface area contributed by atoms with Crippen LogP contribution in [0.15, 0.2) is 18.2 Å². The van der Waals surface area contributed by atoms with Gasteiger partial charge in [-0.3, -0.25) is 0 Å². The molecule has 0 aliphatic rings. The van der Waals surface area contributed by atoms with E-state index in [4.69, 9.17) is 28.5 Å². The van der Waals surface area contributed by atoms with Crippen LogP contribution in [0.25, 0.3) is 0 Å². The lowest BCUT2D eigenvalue weighted by Crippen LogP contribution is -2.13. The summed E-state index contributed by atoms with van der Waals surface area (Å²) in [5, 5.41) is 8.67. The number of nitrogens with zero attached hydrogens (tertiary/aromatic N) is 1. The fourth-order valence-corrected chi connectivity index (χ4v) is 1.52. The Labute approximate surface area is 94.3 Å². The topological polar surface area (TPSA) is 23.8 Å². The highest BCUT2D eigenvalue weighted by Gasteiger charge is 2.23. The Morgan fingerprint density at radius 2 is 1.93 bits per heavy atom. The van der Waals surface area contributed by atoms with E-state index in [0.29, 0.717) is 6.42 Å². The third kappa shape index (κ3) is 2.90. The fourth-order valence-electron chi connectivity index (χ4n) is 1.21. The summed E-state index contributed by atoms with van der Waals surface area (Å²) in [6.45, 7) is 4.06. The molecule has 0 spiro atoms. The van der Waals surface area contributed by atoms with Crippen molar-refractivity contribution < 1.29 is 0 Å². The van der Waals surface area contributed by atoms with Crippen LogP contribution in [-0.2, 0) is 6.42 Å². The number of halogens is 2. The number of benzene rings is 1. The fraction of sp³-hybridized carbons (Fsp3) is 0.364. The predicted octanol–water partition coefficient (Wildman–Crippen LogP) is 3.54. The standard InChI is InChI=1S/C11H11Cl2N/c1-8-3-4-10(5-9(8)2)6-11(12,13)7-14/h3-5H,6H2,1-2H3. The van der Waals surface area contributed by atoms with Gasteiger partial charge in [0.15, 0.2) is 0 Å². The Morgan fingerprint density at radius 1 is 1.29 bits per heavy atom. The molecule has 0 N–H and O–H groups in total. The summed E-state index contributed by atoms with van der Waals surface area (Å²) in [6.07, 6.45) is 0.355. The van der Waals surface area contributed by atoms with Crippen molar-refractivity contribution in [2.24, 2.45) is 0 Å². The van der Waals surface area contributed by atoms with Gasteiger partial charge in [0.2, 0.25) is 4.33 Å². The minimum atomic E-state index is -1.32. The molecule has 1 nitrogen and oxygen atoms in total. The van der Waals surface area contributed by atoms with Gasteiger partial charge in [0.1, 0.15) is 6.07 Å².